The van der Waals surface area contributed by atoms with Gasteiger partial charge >= 0.3 is 0 Å². The van der Waals surface area contributed by atoms with Gasteiger partial charge in [0, 0.05) is 12.1 Å². The predicted octanol–water partition coefficient (Wildman–Crippen LogP) is 3.24. The predicted molar refractivity (Wildman–Crippen MR) is 117 cm³/mol. The summed E-state index contributed by atoms with van der Waals surface area (Å²) in [6.45, 7) is 2.12. The Kier molecular flexibility index (Phi) is 5.61. The van der Waals surface area contributed by atoms with E-state index in [0.29, 0.717) is 11.1 Å². The smallest absolute Gasteiger partial charge is 0.255 e. The fourth-order valence-corrected chi connectivity index (χ4v) is 4.74. The number of nitrogens with zero attached hydrogens (tertiary/aromatic N) is 1. The lowest BCUT2D eigenvalue weighted by Crippen LogP contribution is -2.40. The Morgan fingerprint density at radius 3 is 2.29 bits per heavy atom. The van der Waals surface area contributed by atoms with Gasteiger partial charge in [0.1, 0.15) is 11.9 Å². The number of fused-ring (bicyclic) bond motifs is 1. The summed E-state index contributed by atoms with van der Waals surface area (Å²) in [7, 11) is -3.70. The maximum absolute atomic E-state index is 13.1. The topological polar surface area (TPSA) is 83.5 Å². The zero-order valence-corrected chi connectivity index (χ0v) is 17.8. The van der Waals surface area contributed by atoms with Gasteiger partial charge in [-0.1, -0.05) is 66.2 Å². The minimum atomic E-state index is -3.70. The van der Waals surface area contributed by atoms with Crippen molar-refractivity contribution in [1.29, 1.82) is 0 Å². The van der Waals surface area contributed by atoms with Crippen LogP contribution in [0.15, 0.2) is 83.8 Å². The summed E-state index contributed by atoms with van der Waals surface area (Å²) in [5, 5.41) is 2.53. The molecule has 7 heteroatoms. The third kappa shape index (κ3) is 4.22. The van der Waals surface area contributed by atoms with Crippen molar-refractivity contribution in [1.82, 2.24) is 10.2 Å². The number of hydrogen-bond donors (Lipinski definition) is 1. The largest absolute Gasteiger partial charge is 0.340 e. The highest BCUT2D eigenvalue weighted by atomic mass is 32.2. The first-order valence-corrected chi connectivity index (χ1v) is 11.5. The van der Waals surface area contributed by atoms with E-state index in [-0.39, 0.29) is 17.3 Å². The molecule has 0 aromatic heterocycles. The summed E-state index contributed by atoms with van der Waals surface area (Å²) in [5.74, 6) is -1.31. The number of benzene rings is 3. The second-order valence-corrected chi connectivity index (χ2v) is 9.51. The summed E-state index contributed by atoms with van der Waals surface area (Å²) in [6.07, 6.45) is 0. The first kappa shape index (κ1) is 20.8. The van der Waals surface area contributed by atoms with Crippen LogP contribution < -0.4 is 5.32 Å². The number of carbonyl (C=O) groups excluding carboxylic acids is 2. The van der Waals surface area contributed by atoms with Gasteiger partial charge in [-0.05, 0) is 36.2 Å². The number of rotatable bonds is 6. The van der Waals surface area contributed by atoms with Crippen molar-refractivity contribution < 1.29 is 18.0 Å². The van der Waals surface area contributed by atoms with Crippen molar-refractivity contribution in [3.8, 4) is 0 Å². The number of sulfone groups is 1. The molecule has 0 fully saturated rings. The monoisotopic (exact) mass is 434 g/mol. The van der Waals surface area contributed by atoms with Crippen molar-refractivity contribution in [2.24, 2.45) is 0 Å². The maximum Gasteiger partial charge on any atom is 0.255 e. The molecule has 6 nitrogen and oxygen atoms in total. The fourth-order valence-electron chi connectivity index (χ4n) is 3.69. The number of nitrogens with one attached hydrogen (secondary N) is 1. The molecular weight excluding hydrogens is 412 g/mol. The molecule has 1 unspecified atom stereocenters. The number of amides is 2. The number of hydrogen-bond acceptors (Lipinski definition) is 4. The zero-order chi connectivity index (χ0) is 22.0. The van der Waals surface area contributed by atoms with Gasteiger partial charge in [-0.2, -0.15) is 0 Å². The Labute approximate surface area is 181 Å². The lowest BCUT2D eigenvalue weighted by atomic mass is 10.0. The second kappa shape index (κ2) is 8.35. The summed E-state index contributed by atoms with van der Waals surface area (Å²) >= 11 is 0. The highest BCUT2D eigenvalue weighted by Crippen LogP contribution is 2.35. The van der Waals surface area contributed by atoms with Crippen LogP contribution in [0.5, 0.6) is 0 Å². The minimum Gasteiger partial charge on any atom is -0.340 e. The van der Waals surface area contributed by atoms with Crippen molar-refractivity contribution in [3.63, 3.8) is 0 Å². The van der Waals surface area contributed by atoms with Crippen molar-refractivity contribution >= 4 is 21.7 Å². The Bertz CT molecular complexity index is 1220. The molecule has 0 bridgehead atoms. The highest BCUT2D eigenvalue weighted by molar-refractivity contribution is 7.91. The third-order valence-electron chi connectivity index (χ3n) is 5.32. The first-order valence-electron chi connectivity index (χ1n) is 9.88. The summed E-state index contributed by atoms with van der Waals surface area (Å²) in [4.78, 5) is 27.7. The SMILES string of the molecule is Cc1ccc(S(=O)(=O)CNC(=O)C2c3ccccc3C(=O)N2Cc2ccccc2)cc1. The van der Waals surface area contributed by atoms with E-state index in [4.69, 9.17) is 0 Å². The van der Waals surface area contributed by atoms with E-state index in [1.54, 1.807) is 36.4 Å². The summed E-state index contributed by atoms with van der Waals surface area (Å²) in [5.41, 5.74) is 2.86. The number of carbonyl (C=O) groups is 2. The van der Waals surface area contributed by atoms with E-state index in [9.17, 15) is 18.0 Å². The normalized spacial score (nSPS) is 15.6. The van der Waals surface area contributed by atoms with Crippen LogP contribution in [0.2, 0.25) is 0 Å². The molecule has 1 N–H and O–H groups in total. The lowest BCUT2D eigenvalue weighted by molar-refractivity contribution is -0.125. The van der Waals surface area contributed by atoms with E-state index < -0.39 is 27.7 Å². The minimum absolute atomic E-state index is 0.141. The molecule has 4 rings (SSSR count). The molecule has 0 spiro atoms. The van der Waals surface area contributed by atoms with E-state index >= 15 is 0 Å². The molecular formula is C24H22N2O4S. The Balaban J connectivity index is 1.58. The van der Waals surface area contributed by atoms with Gasteiger partial charge in [0.05, 0.1) is 4.90 Å². The van der Waals surface area contributed by atoms with Gasteiger partial charge in [-0.25, -0.2) is 8.42 Å². The van der Waals surface area contributed by atoms with Crippen LogP contribution in [0.3, 0.4) is 0 Å². The van der Waals surface area contributed by atoms with Crippen molar-refractivity contribution in [3.05, 3.63) is 101 Å². The van der Waals surface area contributed by atoms with Gasteiger partial charge in [0.25, 0.3) is 5.91 Å². The van der Waals surface area contributed by atoms with Gasteiger partial charge in [-0.3, -0.25) is 9.59 Å². The molecule has 1 atom stereocenters. The lowest BCUT2D eigenvalue weighted by Gasteiger charge is -2.24. The first-order chi connectivity index (χ1) is 14.9. The Morgan fingerprint density at radius 2 is 1.58 bits per heavy atom. The Morgan fingerprint density at radius 1 is 0.935 bits per heavy atom. The average molecular weight is 435 g/mol. The second-order valence-electron chi connectivity index (χ2n) is 7.52. The molecule has 1 aliphatic rings. The standard InChI is InChI=1S/C24H22N2O4S/c1-17-11-13-19(14-12-17)31(29,30)16-25-23(27)22-20-9-5-6-10-21(20)24(28)26(22)15-18-7-3-2-4-8-18/h2-14,22H,15-16H2,1H3,(H,25,27). The third-order valence-corrected chi connectivity index (χ3v) is 6.83. The molecule has 0 saturated carbocycles. The van der Waals surface area contributed by atoms with Crippen LogP contribution in [0.4, 0.5) is 0 Å². The van der Waals surface area contributed by atoms with Crippen molar-refractivity contribution in [2.75, 3.05) is 5.88 Å². The van der Waals surface area contributed by atoms with E-state index in [2.05, 4.69) is 5.32 Å². The quantitative estimate of drug-likeness (QED) is 0.646. The van der Waals surface area contributed by atoms with Crippen LogP contribution >= 0.6 is 0 Å². The van der Waals surface area contributed by atoms with Crippen molar-refractivity contribution in [2.45, 2.75) is 24.4 Å². The van der Waals surface area contributed by atoms with Gasteiger partial charge in [0.15, 0.2) is 9.84 Å². The fraction of sp³-hybridized carbons (Fsp3) is 0.167. The molecule has 0 saturated heterocycles. The molecule has 1 heterocycles. The molecule has 0 radical (unpaired) electrons. The van der Waals surface area contributed by atoms with Crippen LogP contribution in [-0.4, -0.2) is 31.0 Å². The molecule has 0 aliphatic carbocycles. The van der Waals surface area contributed by atoms with Crippen LogP contribution in [-0.2, 0) is 21.2 Å². The summed E-state index contributed by atoms with van der Waals surface area (Å²) in [6, 6.07) is 21.9. The van der Waals surface area contributed by atoms with Gasteiger partial charge in [0.2, 0.25) is 5.91 Å². The Hall–Kier alpha value is -3.45. The van der Waals surface area contributed by atoms with Crippen LogP contribution in [0, 0.1) is 6.92 Å². The van der Waals surface area contributed by atoms with Crippen LogP contribution in [0.1, 0.15) is 33.1 Å². The van der Waals surface area contributed by atoms with E-state index in [0.717, 1.165) is 11.1 Å². The van der Waals surface area contributed by atoms with Crippen LogP contribution in [0.25, 0.3) is 0 Å². The molecule has 158 valence electrons. The highest BCUT2D eigenvalue weighted by Gasteiger charge is 2.41. The van der Waals surface area contributed by atoms with Gasteiger partial charge < -0.3 is 10.2 Å². The molecule has 2 amide bonds. The zero-order valence-electron chi connectivity index (χ0n) is 17.0. The molecule has 31 heavy (non-hydrogen) atoms. The molecule has 3 aromatic rings. The molecule has 1 aliphatic heterocycles. The summed E-state index contributed by atoms with van der Waals surface area (Å²) < 4.78 is 25.3. The molecule has 3 aromatic carbocycles. The average Bonchev–Trinajstić information content (AvgIpc) is 3.05. The maximum atomic E-state index is 13.1. The number of aryl methyl sites for hydroxylation is 1. The van der Waals surface area contributed by atoms with E-state index in [1.165, 1.54) is 17.0 Å². The van der Waals surface area contributed by atoms with E-state index in [1.807, 2.05) is 37.3 Å². The van der Waals surface area contributed by atoms with Gasteiger partial charge in [-0.15, -0.1) is 0 Å².